The second-order valence-electron chi connectivity index (χ2n) is 6.94. The molecule has 1 heterocycles. The van der Waals surface area contributed by atoms with Crippen LogP contribution < -0.4 is 5.32 Å². The Labute approximate surface area is 149 Å². The summed E-state index contributed by atoms with van der Waals surface area (Å²) in [6.45, 7) is 1.82. The standard InChI is InChI=1S/C20H24N2O.ClH/c1-21-17-8-10-22(11-9-17)20(23)19-13-18(19)16-7-6-14-4-2-3-5-15(14)12-16;/h2-7,12,17-19,21H,8-11,13H2,1H3;1H. The van der Waals surface area contributed by atoms with E-state index in [0.717, 1.165) is 32.4 Å². The van der Waals surface area contributed by atoms with E-state index in [1.165, 1.54) is 16.3 Å². The first kappa shape index (κ1) is 17.2. The highest BCUT2D eigenvalue weighted by atomic mass is 35.5. The summed E-state index contributed by atoms with van der Waals surface area (Å²) in [5.41, 5.74) is 1.33. The third-order valence-corrected chi connectivity index (χ3v) is 5.52. The van der Waals surface area contributed by atoms with E-state index in [2.05, 4.69) is 52.7 Å². The van der Waals surface area contributed by atoms with Crippen molar-refractivity contribution in [3.8, 4) is 0 Å². The van der Waals surface area contributed by atoms with Crippen molar-refractivity contribution in [2.45, 2.75) is 31.2 Å². The van der Waals surface area contributed by atoms with Crippen molar-refractivity contribution in [1.29, 1.82) is 0 Å². The van der Waals surface area contributed by atoms with Crippen LogP contribution in [0.2, 0.25) is 0 Å². The second-order valence-corrected chi connectivity index (χ2v) is 6.94. The lowest BCUT2D eigenvalue weighted by atomic mass is 10.0. The third kappa shape index (κ3) is 3.28. The minimum Gasteiger partial charge on any atom is -0.342 e. The largest absolute Gasteiger partial charge is 0.342 e. The summed E-state index contributed by atoms with van der Waals surface area (Å²) < 4.78 is 0. The zero-order valence-corrected chi connectivity index (χ0v) is 14.9. The molecule has 0 aromatic heterocycles. The maximum atomic E-state index is 12.7. The number of carbonyl (C=O) groups excluding carboxylic acids is 1. The number of nitrogens with one attached hydrogen (secondary N) is 1. The number of nitrogens with zero attached hydrogens (tertiary/aromatic N) is 1. The minimum atomic E-state index is 0. The van der Waals surface area contributed by atoms with Crippen LogP contribution in [0.5, 0.6) is 0 Å². The molecule has 2 aliphatic rings. The number of hydrogen-bond donors (Lipinski definition) is 1. The van der Waals surface area contributed by atoms with Crippen LogP contribution in [0.1, 0.15) is 30.7 Å². The molecular formula is C20H25ClN2O. The lowest BCUT2D eigenvalue weighted by Crippen LogP contribution is -2.44. The Bertz CT molecular complexity index is 724. The molecule has 1 aliphatic heterocycles. The van der Waals surface area contributed by atoms with E-state index in [1.807, 2.05) is 7.05 Å². The van der Waals surface area contributed by atoms with Gasteiger partial charge in [0.2, 0.25) is 5.91 Å². The molecule has 1 saturated heterocycles. The molecule has 1 N–H and O–H groups in total. The summed E-state index contributed by atoms with van der Waals surface area (Å²) in [7, 11) is 2.01. The van der Waals surface area contributed by atoms with Gasteiger partial charge in [-0.1, -0.05) is 42.5 Å². The molecule has 1 aliphatic carbocycles. The number of likely N-dealkylation sites (tertiary alicyclic amines) is 1. The zero-order chi connectivity index (χ0) is 15.8. The second kappa shape index (κ2) is 7.12. The smallest absolute Gasteiger partial charge is 0.226 e. The summed E-state index contributed by atoms with van der Waals surface area (Å²) in [5.74, 6) is 1.01. The third-order valence-electron chi connectivity index (χ3n) is 5.52. The summed E-state index contributed by atoms with van der Waals surface area (Å²) in [6.07, 6.45) is 3.17. The van der Waals surface area contributed by atoms with E-state index in [9.17, 15) is 4.79 Å². The Kier molecular flexibility index (Phi) is 5.12. The van der Waals surface area contributed by atoms with Gasteiger partial charge in [-0.25, -0.2) is 0 Å². The normalized spacial score (nSPS) is 23.8. The van der Waals surface area contributed by atoms with Crippen molar-refractivity contribution in [3.63, 3.8) is 0 Å². The molecule has 0 bridgehead atoms. The van der Waals surface area contributed by atoms with Crippen molar-refractivity contribution in [2.75, 3.05) is 20.1 Å². The van der Waals surface area contributed by atoms with Crippen LogP contribution in [0, 0.1) is 5.92 Å². The summed E-state index contributed by atoms with van der Waals surface area (Å²) >= 11 is 0. The predicted octanol–water partition coefficient (Wildman–Crippen LogP) is 3.58. The number of benzene rings is 2. The fourth-order valence-corrected chi connectivity index (χ4v) is 3.90. The SMILES string of the molecule is CNC1CCN(C(=O)C2CC2c2ccc3ccccc3c2)CC1.Cl. The van der Waals surface area contributed by atoms with Gasteiger partial charge in [0.1, 0.15) is 0 Å². The van der Waals surface area contributed by atoms with Crippen molar-refractivity contribution in [1.82, 2.24) is 10.2 Å². The number of amides is 1. The average Bonchev–Trinajstić information content (AvgIpc) is 3.41. The van der Waals surface area contributed by atoms with Gasteiger partial charge in [0, 0.05) is 25.0 Å². The highest BCUT2D eigenvalue weighted by molar-refractivity contribution is 5.86. The molecule has 1 saturated carbocycles. The Balaban J connectivity index is 0.00000169. The van der Waals surface area contributed by atoms with E-state index in [4.69, 9.17) is 0 Å². The molecule has 128 valence electrons. The lowest BCUT2D eigenvalue weighted by Gasteiger charge is -2.32. The Morgan fingerprint density at radius 2 is 1.79 bits per heavy atom. The molecule has 1 amide bonds. The van der Waals surface area contributed by atoms with Gasteiger partial charge < -0.3 is 10.2 Å². The molecule has 2 fully saturated rings. The number of fused-ring (bicyclic) bond motifs is 1. The highest BCUT2D eigenvalue weighted by Crippen LogP contribution is 2.49. The summed E-state index contributed by atoms with van der Waals surface area (Å²) in [6, 6.07) is 15.7. The zero-order valence-electron chi connectivity index (χ0n) is 14.1. The van der Waals surface area contributed by atoms with Crippen molar-refractivity contribution < 1.29 is 4.79 Å². The van der Waals surface area contributed by atoms with Crippen LogP contribution in [-0.4, -0.2) is 37.0 Å². The van der Waals surface area contributed by atoms with Crippen LogP contribution in [0.15, 0.2) is 42.5 Å². The topological polar surface area (TPSA) is 32.3 Å². The van der Waals surface area contributed by atoms with Crippen molar-refractivity contribution >= 4 is 29.1 Å². The molecular weight excluding hydrogens is 320 g/mol. The first-order chi connectivity index (χ1) is 11.3. The maximum Gasteiger partial charge on any atom is 0.226 e. The van der Waals surface area contributed by atoms with Crippen LogP contribution in [0.4, 0.5) is 0 Å². The van der Waals surface area contributed by atoms with Gasteiger partial charge >= 0.3 is 0 Å². The molecule has 2 aromatic carbocycles. The first-order valence-electron chi connectivity index (χ1n) is 8.71. The fourth-order valence-electron chi connectivity index (χ4n) is 3.90. The summed E-state index contributed by atoms with van der Waals surface area (Å²) in [4.78, 5) is 14.8. The van der Waals surface area contributed by atoms with Crippen LogP contribution in [0.3, 0.4) is 0 Å². The monoisotopic (exact) mass is 344 g/mol. The molecule has 3 nitrogen and oxygen atoms in total. The molecule has 2 atom stereocenters. The minimum absolute atomic E-state index is 0. The van der Waals surface area contributed by atoms with E-state index in [-0.39, 0.29) is 18.3 Å². The molecule has 2 unspecified atom stereocenters. The fraction of sp³-hybridized carbons (Fsp3) is 0.450. The average molecular weight is 345 g/mol. The van der Waals surface area contributed by atoms with Gasteiger partial charge in [-0.15, -0.1) is 12.4 Å². The van der Waals surface area contributed by atoms with Gasteiger partial charge in [0.25, 0.3) is 0 Å². The number of carbonyl (C=O) groups is 1. The van der Waals surface area contributed by atoms with Gasteiger partial charge in [-0.3, -0.25) is 4.79 Å². The lowest BCUT2D eigenvalue weighted by molar-refractivity contribution is -0.133. The van der Waals surface area contributed by atoms with Gasteiger partial charge in [-0.2, -0.15) is 0 Å². The molecule has 0 radical (unpaired) electrons. The van der Waals surface area contributed by atoms with Crippen molar-refractivity contribution in [2.24, 2.45) is 5.92 Å². The van der Waals surface area contributed by atoms with Gasteiger partial charge in [0.05, 0.1) is 0 Å². The Morgan fingerprint density at radius 1 is 1.08 bits per heavy atom. The van der Waals surface area contributed by atoms with Crippen LogP contribution >= 0.6 is 12.4 Å². The van der Waals surface area contributed by atoms with Gasteiger partial charge in [0.15, 0.2) is 0 Å². The molecule has 2 aromatic rings. The Hall–Kier alpha value is -1.58. The Morgan fingerprint density at radius 3 is 2.50 bits per heavy atom. The number of halogens is 1. The van der Waals surface area contributed by atoms with E-state index < -0.39 is 0 Å². The molecule has 4 rings (SSSR count). The quantitative estimate of drug-likeness (QED) is 0.923. The van der Waals surface area contributed by atoms with Crippen molar-refractivity contribution in [3.05, 3.63) is 48.0 Å². The van der Waals surface area contributed by atoms with E-state index in [1.54, 1.807) is 0 Å². The summed E-state index contributed by atoms with van der Waals surface area (Å²) in [5, 5.41) is 5.87. The maximum absolute atomic E-state index is 12.7. The first-order valence-corrected chi connectivity index (χ1v) is 8.71. The predicted molar refractivity (Wildman–Crippen MR) is 101 cm³/mol. The highest BCUT2D eigenvalue weighted by Gasteiger charge is 2.46. The molecule has 24 heavy (non-hydrogen) atoms. The van der Waals surface area contributed by atoms with Gasteiger partial charge in [-0.05, 0) is 48.6 Å². The van der Waals surface area contributed by atoms with Crippen LogP contribution in [-0.2, 0) is 4.79 Å². The number of rotatable bonds is 3. The van der Waals surface area contributed by atoms with E-state index >= 15 is 0 Å². The number of hydrogen-bond acceptors (Lipinski definition) is 2. The van der Waals surface area contributed by atoms with E-state index in [0.29, 0.717) is 17.9 Å². The molecule has 0 spiro atoms. The van der Waals surface area contributed by atoms with Crippen LogP contribution in [0.25, 0.3) is 10.8 Å². The number of piperidine rings is 1. The molecule has 4 heteroatoms.